The van der Waals surface area contributed by atoms with Crippen LogP contribution < -0.4 is 16.8 Å². The summed E-state index contributed by atoms with van der Waals surface area (Å²) < 4.78 is 0. The topological polar surface area (TPSA) is 146 Å². The highest BCUT2D eigenvalue weighted by atomic mass is 16.1. The lowest BCUT2D eigenvalue weighted by molar-refractivity contribution is -0.118. The predicted octanol–water partition coefficient (Wildman–Crippen LogP) is 1.19. The van der Waals surface area contributed by atoms with Crippen molar-refractivity contribution in [3.05, 3.63) is 47.8 Å². The fraction of sp³-hybridized carbons (Fsp3) is 0.176. The molecule has 0 atom stereocenters. The molecule has 0 radical (unpaired) electrons. The number of rotatable bonds is 6. The van der Waals surface area contributed by atoms with E-state index in [4.69, 9.17) is 16.9 Å². The van der Waals surface area contributed by atoms with Gasteiger partial charge in [0.2, 0.25) is 5.91 Å². The molecule has 1 aromatic heterocycles. The number of amides is 1. The standard InChI is InChI=1S/C17H19N7O/c18-15(25)2-1-6-21-9-12-16(19)11-4-3-10(13-5-7-22-24-13)8-14(11)23-17(12)20/h3-5,7-9,19,21H,1-2,6H2,(H2,18,25)(H2,20,23)(H,22,24)/b12-9+,19-16?. The molecule has 2 heterocycles. The summed E-state index contributed by atoms with van der Waals surface area (Å²) in [5.74, 6) is -0.0540. The molecule has 8 nitrogen and oxygen atoms in total. The molecule has 1 amide bonds. The first-order valence-electron chi connectivity index (χ1n) is 7.86. The minimum absolute atomic E-state index is 0.277. The van der Waals surface area contributed by atoms with E-state index < -0.39 is 0 Å². The number of nitrogens with zero attached hydrogens (tertiary/aromatic N) is 2. The number of aromatic nitrogens is 2. The summed E-state index contributed by atoms with van der Waals surface area (Å²) >= 11 is 0. The van der Waals surface area contributed by atoms with Crippen LogP contribution in [0, 0.1) is 5.41 Å². The second kappa shape index (κ2) is 7.00. The Balaban J connectivity index is 1.79. The Morgan fingerprint density at radius 3 is 2.92 bits per heavy atom. The van der Waals surface area contributed by atoms with Crippen LogP contribution in [0.25, 0.3) is 11.3 Å². The quantitative estimate of drug-likeness (QED) is 0.504. The van der Waals surface area contributed by atoms with Gasteiger partial charge in [-0.2, -0.15) is 5.10 Å². The third-order valence-corrected chi connectivity index (χ3v) is 3.84. The molecule has 1 aliphatic rings. The minimum atomic E-state index is -0.331. The summed E-state index contributed by atoms with van der Waals surface area (Å²) in [6, 6.07) is 7.48. The second-order valence-electron chi connectivity index (χ2n) is 5.65. The van der Waals surface area contributed by atoms with Crippen molar-refractivity contribution < 1.29 is 4.79 Å². The highest BCUT2D eigenvalue weighted by Gasteiger charge is 2.21. The van der Waals surface area contributed by atoms with Gasteiger partial charge in [0, 0.05) is 36.5 Å². The van der Waals surface area contributed by atoms with Crippen LogP contribution in [0.5, 0.6) is 0 Å². The molecule has 25 heavy (non-hydrogen) atoms. The van der Waals surface area contributed by atoms with E-state index in [0.29, 0.717) is 41.9 Å². The van der Waals surface area contributed by atoms with Crippen molar-refractivity contribution in [2.24, 2.45) is 16.5 Å². The van der Waals surface area contributed by atoms with E-state index in [9.17, 15) is 4.79 Å². The van der Waals surface area contributed by atoms with Crippen molar-refractivity contribution in [1.82, 2.24) is 15.5 Å². The van der Waals surface area contributed by atoms with Crippen LogP contribution >= 0.6 is 0 Å². The van der Waals surface area contributed by atoms with E-state index in [0.717, 1.165) is 11.3 Å². The zero-order valence-corrected chi connectivity index (χ0v) is 13.5. The Labute approximate surface area is 144 Å². The van der Waals surface area contributed by atoms with Gasteiger partial charge in [0.25, 0.3) is 0 Å². The number of aromatic amines is 1. The number of hydrogen-bond donors (Lipinski definition) is 5. The van der Waals surface area contributed by atoms with Crippen LogP contribution in [0.1, 0.15) is 18.4 Å². The van der Waals surface area contributed by atoms with Crippen molar-refractivity contribution in [2.75, 3.05) is 6.54 Å². The number of hydrogen-bond acceptors (Lipinski definition) is 6. The first-order chi connectivity index (χ1) is 12.1. The molecule has 1 aliphatic heterocycles. The van der Waals surface area contributed by atoms with Crippen LogP contribution in [0.2, 0.25) is 0 Å². The first-order valence-corrected chi connectivity index (χ1v) is 7.86. The number of benzene rings is 1. The normalized spacial score (nSPS) is 15.0. The third-order valence-electron chi connectivity index (χ3n) is 3.84. The molecule has 0 saturated heterocycles. The Bertz CT molecular complexity index is 865. The van der Waals surface area contributed by atoms with Gasteiger partial charge in [-0.15, -0.1) is 0 Å². The van der Waals surface area contributed by atoms with E-state index in [1.165, 1.54) is 0 Å². The summed E-state index contributed by atoms with van der Waals surface area (Å²) in [5, 5.41) is 18.4. The van der Waals surface area contributed by atoms with Crippen LogP contribution in [-0.4, -0.2) is 34.2 Å². The predicted molar refractivity (Wildman–Crippen MR) is 96.6 cm³/mol. The highest BCUT2D eigenvalue weighted by Crippen LogP contribution is 2.31. The molecule has 7 N–H and O–H groups in total. The van der Waals surface area contributed by atoms with Gasteiger partial charge in [-0.1, -0.05) is 6.07 Å². The lowest BCUT2D eigenvalue weighted by Crippen LogP contribution is -2.27. The van der Waals surface area contributed by atoms with Crippen LogP contribution in [-0.2, 0) is 4.79 Å². The van der Waals surface area contributed by atoms with Gasteiger partial charge in [-0.3, -0.25) is 15.3 Å². The van der Waals surface area contributed by atoms with Crippen molar-refractivity contribution in [2.45, 2.75) is 12.8 Å². The molecule has 2 aromatic rings. The Morgan fingerprint density at radius 1 is 1.36 bits per heavy atom. The van der Waals surface area contributed by atoms with E-state index in [1.807, 2.05) is 24.3 Å². The smallest absolute Gasteiger partial charge is 0.217 e. The minimum Gasteiger partial charge on any atom is -0.390 e. The highest BCUT2D eigenvalue weighted by molar-refractivity contribution is 6.32. The number of carbonyl (C=O) groups excluding carboxylic acids is 1. The zero-order chi connectivity index (χ0) is 17.8. The molecule has 3 rings (SSSR count). The Hall–Kier alpha value is -3.42. The van der Waals surface area contributed by atoms with E-state index in [-0.39, 0.29) is 11.7 Å². The second-order valence-corrected chi connectivity index (χ2v) is 5.65. The SMILES string of the molecule is N=C1/C(=C\NCCCC(N)=O)C(N)=Nc2cc(-c3cc[nH]n3)ccc21. The number of fused-ring (bicyclic) bond motifs is 1. The maximum Gasteiger partial charge on any atom is 0.217 e. The van der Waals surface area contributed by atoms with Crippen molar-refractivity contribution in [3.63, 3.8) is 0 Å². The first kappa shape index (κ1) is 16.4. The fourth-order valence-electron chi connectivity index (χ4n) is 2.56. The van der Waals surface area contributed by atoms with Gasteiger partial charge in [-0.25, -0.2) is 4.99 Å². The fourth-order valence-corrected chi connectivity index (χ4v) is 2.56. The van der Waals surface area contributed by atoms with E-state index >= 15 is 0 Å². The average Bonchev–Trinajstić information content (AvgIpc) is 3.11. The summed E-state index contributed by atoms with van der Waals surface area (Å²) in [5.41, 5.74) is 15.0. The molecule has 0 saturated carbocycles. The molecule has 0 bridgehead atoms. The van der Waals surface area contributed by atoms with Gasteiger partial charge in [0.1, 0.15) is 5.84 Å². The Kier molecular flexibility index (Phi) is 4.60. The van der Waals surface area contributed by atoms with Crippen molar-refractivity contribution >= 4 is 23.1 Å². The molecule has 0 spiro atoms. The zero-order valence-electron chi connectivity index (χ0n) is 13.5. The van der Waals surface area contributed by atoms with E-state index in [2.05, 4.69) is 20.5 Å². The number of aliphatic imine (C=N–C) groups is 1. The molecular formula is C17H19N7O. The average molecular weight is 337 g/mol. The number of nitrogens with two attached hydrogens (primary N) is 2. The van der Waals surface area contributed by atoms with Crippen LogP contribution in [0.4, 0.5) is 5.69 Å². The molecule has 0 unspecified atom stereocenters. The molecule has 0 fully saturated rings. The lowest BCUT2D eigenvalue weighted by Gasteiger charge is -2.18. The monoisotopic (exact) mass is 337 g/mol. The van der Waals surface area contributed by atoms with Crippen LogP contribution in [0.15, 0.2) is 47.2 Å². The summed E-state index contributed by atoms with van der Waals surface area (Å²) in [6.45, 7) is 0.567. The largest absolute Gasteiger partial charge is 0.390 e. The maximum atomic E-state index is 10.7. The number of H-pyrrole nitrogens is 1. The van der Waals surface area contributed by atoms with Gasteiger partial charge < -0.3 is 16.8 Å². The lowest BCUT2D eigenvalue weighted by atomic mass is 9.95. The van der Waals surface area contributed by atoms with Crippen LogP contribution in [0.3, 0.4) is 0 Å². The Morgan fingerprint density at radius 2 is 2.20 bits per heavy atom. The van der Waals surface area contributed by atoms with E-state index in [1.54, 1.807) is 12.4 Å². The molecule has 0 aliphatic carbocycles. The molecular weight excluding hydrogens is 318 g/mol. The summed E-state index contributed by atoms with van der Waals surface area (Å²) in [4.78, 5) is 15.1. The number of nitrogens with one attached hydrogen (secondary N) is 3. The molecule has 8 heteroatoms. The van der Waals surface area contributed by atoms with Gasteiger partial charge >= 0.3 is 0 Å². The molecule has 128 valence electrons. The van der Waals surface area contributed by atoms with Crippen molar-refractivity contribution in [3.8, 4) is 11.3 Å². The summed E-state index contributed by atoms with van der Waals surface area (Å²) in [6.07, 6.45) is 4.34. The van der Waals surface area contributed by atoms with Gasteiger partial charge in [0.05, 0.1) is 22.7 Å². The molecule has 1 aromatic carbocycles. The third kappa shape index (κ3) is 3.57. The maximum absolute atomic E-state index is 10.7. The van der Waals surface area contributed by atoms with Crippen molar-refractivity contribution in [1.29, 1.82) is 5.41 Å². The number of primary amides is 1. The summed E-state index contributed by atoms with van der Waals surface area (Å²) in [7, 11) is 0. The number of amidine groups is 1. The number of carbonyl (C=O) groups is 1. The van der Waals surface area contributed by atoms with Gasteiger partial charge in [0.15, 0.2) is 0 Å². The van der Waals surface area contributed by atoms with Gasteiger partial charge in [-0.05, 0) is 24.6 Å².